The van der Waals surface area contributed by atoms with Gasteiger partial charge < -0.3 is 14.4 Å². The first-order valence-electron chi connectivity index (χ1n) is 8.38. The second-order valence-electron chi connectivity index (χ2n) is 6.90. The molecule has 122 valence electrons. The van der Waals surface area contributed by atoms with Gasteiger partial charge in [0, 0.05) is 6.20 Å². The Labute approximate surface area is 134 Å². The quantitative estimate of drug-likeness (QED) is 0.673. The number of esters is 1. The molecule has 1 aliphatic heterocycles. The monoisotopic (exact) mass is 315 g/mol. The molecule has 0 saturated heterocycles. The Kier molecular flexibility index (Phi) is 3.15. The smallest absolute Gasteiger partial charge is 0.345 e. The summed E-state index contributed by atoms with van der Waals surface area (Å²) in [5.74, 6) is -0.787. The van der Waals surface area contributed by atoms with Crippen LogP contribution in [0.3, 0.4) is 0 Å². The summed E-state index contributed by atoms with van der Waals surface area (Å²) in [4.78, 5) is 25.3. The Bertz CT molecular complexity index is 717. The fourth-order valence-electron chi connectivity index (χ4n) is 4.24. The third-order valence-corrected chi connectivity index (χ3v) is 5.58. The van der Waals surface area contributed by atoms with Crippen LogP contribution in [0.1, 0.15) is 62.1 Å². The van der Waals surface area contributed by atoms with Crippen LogP contribution in [-0.4, -0.2) is 28.5 Å². The van der Waals surface area contributed by atoms with Crippen molar-refractivity contribution in [3.8, 4) is 0 Å². The number of ketones is 1. The molecule has 0 radical (unpaired) electrons. The molecule has 0 bridgehead atoms. The number of hydrogen-bond donors (Lipinski definition) is 1. The lowest BCUT2D eigenvalue weighted by atomic mass is 9.73. The molecule has 5 nitrogen and oxygen atoms in total. The predicted octanol–water partition coefficient (Wildman–Crippen LogP) is 3.05. The number of nitrogens with zero attached hydrogens (tertiary/aromatic N) is 1. The molecule has 0 atom stereocenters. The van der Waals surface area contributed by atoms with E-state index in [9.17, 15) is 14.7 Å². The van der Waals surface area contributed by atoms with Gasteiger partial charge in [-0.05, 0) is 43.2 Å². The van der Waals surface area contributed by atoms with Gasteiger partial charge in [-0.3, -0.25) is 4.79 Å². The van der Waals surface area contributed by atoms with E-state index < -0.39 is 11.5 Å². The topological polar surface area (TPSA) is 68.5 Å². The van der Waals surface area contributed by atoms with Crippen molar-refractivity contribution < 1.29 is 19.4 Å². The zero-order valence-corrected chi connectivity index (χ0v) is 13.3. The fourth-order valence-corrected chi connectivity index (χ4v) is 4.24. The van der Waals surface area contributed by atoms with Gasteiger partial charge in [0.1, 0.15) is 11.1 Å². The number of carbonyl (C=O) groups is 2. The van der Waals surface area contributed by atoms with Gasteiger partial charge in [-0.1, -0.05) is 19.3 Å². The molecule has 2 heterocycles. The molecule has 1 N–H and O–H groups in total. The van der Waals surface area contributed by atoms with E-state index in [4.69, 9.17) is 4.74 Å². The minimum Gasteiger partial charge on any atom is -0.505 e. The zero-order valence-electron chi connectivity index (χ0n) is 13.3. The summed E-state index contributed by atoms with van der Waals surface area (Å²) in [6.45, 7) is 0. The first kappa shape index (κ1) is 14.5. The average Bonchev–Trinajstić information content (AvgIpc) is 3.32. The zero-order chi connectivity index (χ0) is 16.2. The van der Waals surface area contributed by atoms with E-state index in [1.54, 1.807) is 0 Å². The lowest BCUT2D eigenvalue weighted by Crippen LogP contribution is -2.49. The highest BCUT2D eigenvalue weighted by atomic mass is 16.5. The molecular weight excluding hydrogens is 294 g/mol. The Balaban J connectivity index is 1.96. The molecule has 1 aromatic heterocycles. The van der Waals surface area contributed by atoms with E-state index in [-0.39, 0.29) is 17.1 Å². The van der Waals surface area contributed by atoms with Gasteiger partial charge in [-0.15, -0.1) is 0 Å². The number of ether oxygens (including phenoxy) is 1. The van der Waals surface area contributed by atoms with Crippen LogP contribution >= 0.6 is 0 Å². The third kappa shape index (κ3) is 1.92. The molecule has 2 aliphatic carbocycles. The first-order valence-corrected chi connectivity index (χ1v) is 8.38. The van der Waals surface area contributed by atoms with Gasteiger partial charge in [0.2, 0.25) is 0 Å². The number of fused-ring (bicyclic) bond motifs is 2. The number of methoxy groups -OCH3 is 1. The number of aromatic nitrogens is 1. The molecule has 0 aromatic carbocycles. The Morgan fingerprint density at radius 1 is 1.30 bits per heavy atom. The number of hydrogen-bond acceptors (Lipinski definition) is 4. The molecule has 0 unspecified atom stereocenters. The van der Waals surface area contributed by atoms with Crippen LogP contribution in [0.5, 0.6) is 0 Å². The second-order valence-corrected chi connectivity index (χ2v) is 6.90. The molecule has 3 aliphatic rings. The summed E-state index contributed by atoms with van der Waals surface area (Å²) < 4.78 is 6.73. The number of aliphatic hydroxyl groups is 1. The van der Waals surface area contributed by atoms with Crippen molar-refractivity contribution in [1.29, 1.82) is 0 Å². The summed E-state index contributed by atoms with van der Waals surface area (Å²) in [5, 5.41) is 10.7. The molecular formula is C18H21NO4. The van der Waals surface area contributed by atoms with Crippen molar-refractivity contribution >= 4 is 17.5 Å². The van der Waals surface area contributed by atoms with Gasteiger partial charge in [-0.25, -0.2) is 4.79 Å². The number of rotatable bonds is 2. The molecule has 5 heteroatoms. The molecule has 2 saturated carbocycles. The van der Waals surface area contributed by atoms with Gasteiger partial charge in [0.25, 0.3) is 0 Å². The fraction of sp³-hybridized carbons (Fsp3) is 0.556. The molecule has 4 rings (SSSR count). The maximum Gasteiger partial charge on any atom is 0.345 e. The summed E-state index contributed by atoms with van der Waals surface area (Å²) >= 11 is 0. The van der Waals surface area contributed by atoms with Crippen LogP contribution < -0.4 is 0 Å². The van der Waals surface area contributed by atoms with E-state index in [0.717, 1.165) is 37.7 Å². The standard InChI is InChI=1S/C18H21NO4/c1-23-17(22)13-15(20)14-12(11-5-6-11)7-10-19(14)18(16(13)21)8-3-2-4-9-18/h7,10-11,20H,2-6,8-9H2,1H3. The Morgan fingerprint density at radius 2 is 2.00 bits per heavy atom. The van der Waals surface area contributed by atoms with Crippen molar-refractivity contribution in [2.24, 2.45) is 0 Å². The lowest BCUT2D eigenvalue weighted by molar-refractivity contribution is -0.140. The summed E-state index contributed by atoms with van der Waals surface area (Å²) in [7, 11) is 1.25. The van der Waals surface area contributed by atoms with Crippen LogP contribution in [0.2, 0.25) is 0 Å². The first-order chi connectivity index (χ1) is 11.1. The number of aliphatic hydroxyl groups excluding tert-OH is 1. The van der Waals surface area contributed by atoms with Gasteiger partial charge in [0.05, 0.1) is 12.8 Å². The molecule has 23 heavy (non-hydrogen) atoms. The molecule has 0 amide bonds. The van der Waals surface area contributed by atoms with Gasteiger partial charge >= 0.3 is 5.97 Å². The van der Waals surface area contributed by atoms with Crippen molar-refractivity contribution in [3.63, 3.8) is 0 Å². The average molecular weight is 315 g/mol. The lowest BCUT2D eigenvalue weighted by Gasteiger charge is -2.41. The number of Topliss-reactive ketones (excluding diaryl/α,β-unsaturated/α-hetero) is 1. The largest absolute Gasteiger partial charge is 0.505 e. The maximum atomic E-state index is 13.1. The molecule has 2 fully saturated rings. The van der Waals surface area contributed by atoms with Gasteiger partial charge in [-0.2, -0.15) is 0 Å². The van der Waals surface area contributed by atoms with Crippen molar-refractivity contribution in [3.05, 3.63) is 29.1 Å². The maximum absolute atomic E-state index is 13.1. The van der Waals surface area contributed by atoms with E-state index in [1.807, 2.05) is 16.8 Å². The minimum atomic E-state index is -0.730. The van der Waals surface area contributed by atoms with Crippen LogP contribution in [0, 0.1) is 0 Å². The van der Waals surface area contributed by atoms with Crippen molar-refractivity contribution in [2.75, 3.05) is 7.11 Å². The molecule has 1 spiro atoms. The minimum absolute atomic E-state index is 0.164. The highest BCUT2D eigenvalue weighted by Crippen LogP contribution is 2.49. The van der Waals surface area contributed by atoms with E-state index >= 15 is 0 Å². The summed E-state index contributed by atoms with van der Waals surface area (Å²) in [6, 6.07) is 2.01. The normalized spacial score (nSPS) is 23.1. The van der Waals surface area contributed by atoms with Crippen molar-refractivity contribution in [1.82, 2.24) is 4.57 Å². The summed E-state index contributed by atoms with van der Waals surface area (Å²) in [6.07, 6.45) is 8.56. The number of carbonyl (C=O) groups excluding carboxylic acids is 2. The van der Waals surface area contributed by atoms with Gasteiger partial charge in [0.15, 0.2) is 11.5 Å². The van der Waals surface area contributed by atoms with Crippen LogP contribution in [0.4, 0.5) is 0 Å². The Hall–Kier alpha value is -2.04. The molecule has 1 aromatic rings. The van der Waals surface area contributed by atoms with Crippen molar-refractivity contribution in [2.45, 2.75) is 56.4 Å². The van der Waals surface area contributed by atoms with Crippen LogP contribution in [0.25, 0.3) is 5.76 Å². The van der Waals surface area contributed by atoms with Crippen LogP contribution in [-0.2, 0) is 19.9 Å². The van der Waals surface area contributed by atoms with E-state index in [0.29, 0.717) is 24.5 Å². The van der Waals surface area contributed by atoms with Crippen LogP contribution in [0.15, 0.2) is 17.8 Å². The second kappa shape index (κ2) is 4.98. The predicted molar refractivity (Wildman–Crippen MR) is 84.0 cm³/mol. The highest BCUT2D eigenvalue weighted by Gasteiger charge is 2.51. The SMILES string of the molecule is COC(=O)C1=C(O)c2c(C3CC3)ccn2C2(CCCCC2)C1=O. The summed E-state index contributed by atoms with van der Waals surface area (Å²) in [5.41, 5.74) is 0.828. The van der Waals surface area contributed by atoms with E-state index in [2.05, 4.69) is 0 Å². The van der Waals surface area contributed by atoms with E-state index in [1.165, 1.54) is 7.11 Å². The highest BCUT2D eigenvalue weighted by molar-refractivity contribution is 6.25. The Morgan fingerprint density at radius 3 is 2.61 bits per heavy atom. The third-order valence-electron chi connectivity index (χ3n) is 5.58.